The minimum Gasteiger partial charge on any atom is -0.377 e. The van der Waals surface area contributed by atoms with Crippen LogP contribution in [0.3, 0.4) is 0 Å². The minimum atomic E-state index is -0.393. The molecule has 1 aromatic rings. The summed E-state index contributed by atoms with van der Waals surface area (Å²) in [4.78, 5) is 13.5. The molecule has 0 aliphatic carbocycles. The first kappa shape index (κ1) is 15.3. The van der Waals surface area contributed by atoms with Crippen molar-refractivity contribution in [3.8, 4) is 0 Å². The predicted molar refractivity (Wildman–Crippen MR) is 82.7 cm³/mol. The molecule has 1 aliphatic heterocycles. The molecule has 1 amide bonds. The van der Waals surface area contributed by atoms with Gasteiger partial charge in [0.25, 0.3) is 0 Å². The highest BCUT2D eigenvalue weighted by molar-refractivity contribution is 9.10. The summed E-state index contributed by atoms with van der Waals surface area (Å²) in [6.07, 6.45) is 0. The van der Waals surface area contributed by atoms with Crippen LogP contribution in [0.4, 0.5) is 5.69 Å². The van der Waals surface area contributed by atoms with Gasteiger partial charge in [-0.15, -0.1) is 0 Å². The highest BCUT2D eigenvalue weighted by atomic mass is 79.9. The number of morpholine rings is 1. The van der Waals surface area contributed by atoms with Gasteiger partial charge in [0.05, 0.1) is 13.2 Å². The Kier molecular flexibility index (Phi) is 5.39. The Balaban J connectivity index is 2.19. The number of carbonyl (C=O) groups excluding carboxylic acids is 1. The van der Waals surface area contributed by atoms with E-state index in [1.54, 1.807) is 0 Å². The summed E-state index contributed by atoms with van der Waals surface area (Å²) in [6, 6.07) is 5.73. The van der Waals surface area contributed by atoms with E-state index in [2.05, 4.69) is 34.2 Å². The van der Waals surface area contributed by atoms with Crippen LogP contribution in [-0.4, -0.2) is 38.3 Å². The molecule has 0 spiro atoms. The first-order valence-corrected chi connectivity index (χ1v) is 7.55. The van der Waals surface area contributed by atoms with Crippen molar-refractivity contribution in [1.29, 1.82) is 0 Å². The predicted octanol–water partition coefficient (Wildman–Crippen LogP) is 1.25. The van der Waals surface area contributed by atoms with Crippen LogP contribution in [0.25, 0.3) is 0 Å². The number of nitrogens with one attached hydrogen (secondary N) is 1. The SMILES string of the molecule is CCNCc1ccc(N2CCOCC2C(N)=O)cc1Br. The van der Waals surface area contributed by atoms with E-state index < -0.39 is 6.04 Å². The molecule has 1 saturated heterocycles. The summed E-state index contributed by atoms with van der Waals surface area (Å²) >= 11 is 3.59. The molecule has 5 nitrogen and oxygen atoms in total. The molecule has 0 aromatic heterocycles. The van der Waals surface area contributed by atoms with Crippen LogP contribution in [0.15, 0.2) is 22.7 Å². The van der Waals surface area contributed by atoms with Gasteiger partial charge in [0.1, 0.15) is 6.04 Å². The zero-order valence-electron chi connectivity index (χ0n) is 11.6. The lowest BCUT2D eigenvalue weighted by Gasteiger charge is -2.35. The summed E-state index contributed by atoms with van der Waals surface area (Å²) in [7, 11) is 0. The van der Waals surface area contributed by atoms with Gasteiger partial charge in [-0.05, 0) is 24.2 Å². The molecular weight excluding hydrogens is 322 g/mol. The molecule has 1 atom stereocenters. The summed E-state index contributed by atoms with van der Waals surface area (Å²) in [5.41, 5.74) is 7.63. The molecule has 1 unspecified atom stereocenters. The van der Waals surface area contributed by atoms with Gasteiger partial charge in [-0.1, -0.05) is 28.9 Å². The second-order valence-electron chi connectivity index (χ2n) is 4.74. The number of anilines is 1. The molecular formula is C14H20BrN3O2. The summed E-state index contributed by atoms with van der Waals surface area (Å²) in [6.45, 7) is 5.47. The molecule has 0 radical (unpaired) electrons. The Morgan fingerprint density at radius 1 is 1.60 bits per heavy atom. The van der Waals surface area contributed by atoms with Crippen molar-refractivity contribution in [3.63, 3.8) is 0 Å². The number of carbonyl (C=O) groups is 1. The second-order valence-corrected chi connectivity index (χ2v) is 5.60. The van der Waals surface area contributed by atoms with Gasteiger partial charge in [-0.3, -0.25) is 4.79 Å². The van der Waals surface area contributed by atoms with Crippen LogP contribution in [0, 0.1) is 0 Å². The van der Waals surface area contributed by atoms with Crippen molar-refractivity contribution < 1.29 is 9.53 Å². The van der Waals surface area contributed by atoms with Crippen LogP contribution in [0.1, 0.15) is 12.5 Å². The Bertz CT molecular complexity index is 481. The summed E-state index contributed by atoms with van der Waals surface area (Å²) < 4.78 is 6.37. The average molecular weight is 342 g/mol. The number of hydrogen-bond acceptors (Lipinski definition) is 4. The van der Waals surface area contributed by atoms with Gasteiger partial charge in [-0.25, -0.2) is 0 Å². The number of benzene rings is 1. The topological polar surface area (TPSA) is 67.6 Å². The van der Waals surface area contributed by atoms with E-state index in [0.717, 1.165) is 23.2 Å². The molecule has 110 valence electrons. The van der Waals surface area contributed by atoms with Gasteiger partial charge in [-0.2, -0.15) is 0 Å². The fourth-order valence-electron chi connectivity index (χ4n) is 2.27. The van der Waals surface area contributed by atoms with E-state index in [4.69, 9.17) is 10.5 Å². The van der Waals surface area contributed by atoms with Crippen molar-refractivity contribution in [3.05, 3.63) is 28.2 Å². The monoisotopic (exact) mass is 341 g/mol. The lowest BCUT2D eigenvalue weighted by molar-refractivity contribution is -0.121. The molecule has 1 fully saturated rings. The summed E-state index contributed by atoms with van der Waals surface area (Å²) in [5.74, 6) is -0.349. The van der Waals surface area contributed by atoms with Gasteiger partial charge < -0.3 is 20.7 Å². The van der Waals surface area contributed by atoms with Gasteiger partial charge >= 0.3 is 0 Å². The van der Waals surface area contributed by atoms with Crippen LogP contribution in [0.2, 0.25) is 0 Å². The third-order valence-electron chi connectivity index (χ3n) is 3.39. The van der Waals surface area contributed by atoms with Gasteiger partial charge in [0.15, 0.2) is 0 Å². The number of rotatable bonds is 5. The molecule has 6 heteroatoms. The van der Waals surface area contributed by atoms with E-state index in [-0.39, 0.29) is 5.91 Å². The van der Waals surface area contributed by atoms with Crippen molar-refractivity contribution in [1.82, 2.24) is 5.32 Å². The third kappa shape index (κ3) is 3.50. The first-order chi connectivity index (χ1) is 9.63. The van der Waals surface area contributed by atoms with E-state index in [1.807, 2.05) is 17.0 Å². The van der Waals surface area contributed by atoms with Gasteiger partial charge in [0.2, 0.25) is 5.91 Å². The van der Waals surface area contributed by atoms with E-state index in [1.165, 1.54) is 5.56 Å². The quantitative estimate of drug-likeness (QED) is 0.845. The highest BCUT2D eigenvalue weighted by Gasteiger charge is 2.28. The maximum atomic E-state index is 11.5. The number of hydrogen-bond donors (Lipinski definition) is 2. The zero-order valence-corrected chi connectivity index (χ0v) is 13.1. The van der Waals surface area contributed by atoms with Crippen LogP contribution in [-0.2, 0) is 16.1 Å². The zero-order chi connectivity index (χ0) is 14.5. The fourth-order valence-corrected chi connectivity index (χ4v) is 2.77. The van der Waals surface area contributed by atoms with Crippen molar-refractivity contribution in [2.45, 2.75) is 19.5 Å². The maximum Gasteiger partial charge on any atom is 0.242 e. The Hall–Kier alpha value is -1.11. The largest absolute Gasteiger partial charge is 0.377 e. The average Bonchev–Trinajstić information content (AvgIpc) is 2.46. The lowest BCUT2D eigenvalue weighted by Crippen LogP contribution is -2.52. The van der Waals surface area contributed by atoms with E-state index >= 15 is 0 Å². The molecule has 0 bridgehead atoms. The summed E-state index contributed by atoms with van der Waals surface area (Å²) in [5, 5.41) is 3.29. The number of ether oxygens (including phenoxy) is 1. The molecule has 1 aliphatic rings. The van der Waals surface area contributed by atoms with Crippen molar-refractivity contribution >= 4 is 27.5 Å². The lowest BCUT2D eigenvalue weighted by atomic mass is 10.1. The molecule has 1 heterocycles. The number of halogens is 1. The number of amides is 1. The number of nitrogens with two attached hydrogens (primary N) is 1. The molecule has 20 heavy (non-hydrogen) atoms. The molecule has 0 saturated carbocycles. The fraction of sp³-hybridized carbons (Fsp3) is 0.500. The highest BCUT2D eigenvalue weighted by Crippen LogP contribution is 2.26. The van der Waals surface area contributed by atoms with Gasteiger partial charge in [0, 0.05) is 23.2 Å². The molecule has 3 N–H and O–H groups in total. The first-order valence-electron chi connectivity index (χ1n) is 6.76. The number of nitrogens with zero attached hydrogens (tertiary/aromatic N) is 1. The maximum absolute atomic E-state index is 11.5. The van der Waals surface area contributed by atoms with Crippen molar-refractivity contribution in [2.24, 2.45) is 5.73 Å². The Labute approximate surface area is 127 Å². The van der Waals surface area contributed by atoms with E-state index in [9.17, 15) is 4.79 Å². The van der Waals surface area contributed by atoms with Crippen LogP contribution >= 0.6 is 15.9 Å². The third-order valence-corrected chi connectivity index (χ3v) is 4.13. The van der Waals surface area contributed by atoms with Crippen molar-refractivity contribution in [2.75, 3.05) is 31.2 Å². The Morgan fingerprint density at radius 3 is 3.05 bits per heavy atom. The second kappa shape index (κ2) is 7.06. The van der Waals surface area contributed by atoms with Crippen LogP contribution in [0.5, 0.6) is 0 Å². The standard InChI is InChI=1S/C14H20BrN3O2/c1-2-17-8-10-3-4-11(7-12(10)15)18-5-6-20-9-13(18)14(16)19/h3-4,7,13,17H,2,5-6,8-9H2,1H3,(H2,16,19). The molecule has 1 aromatic carbocycles. The van der Waals surface area contributed by atoms with Crippen LogP contribution < -0.4 is 16.0 Å². The minimum absolute atomic E-state index is 0.349. The smallest absolute Gasteiger partial charge is 0.242 e. The number of primary amides is 1. The Morgan fingerprint density at radius 2 is 2.40 bits per heavy atom. The van der Waals surface area contributed by atoms with E-state index in [0.29, 0.717) is 19.8 Å². The molecule has 2 rings (SSSR count). The normalized spacial score (nSPS) is 19.1.